The largest absolute Gasteiger partial charge is 0.354 e. The van der Waals surface area contributed by atoms with E-state index in [4.69, 9.17) is 0 Å². The summed E-state index contributed by atoms with van der Waals surface area (Å²) in [7, 11) is 0. The van der Waals surface area contributed by atoms with Crippen molar-refractivity contribution in [3.63, 3.8) is 0 Å². The highest BCUT2D eigenvalue weighted by atomic mass is 16.1. The van der Waals surface area contributed by atoms with Crippen LogP contribution < -0.4 is 10.6 Å². The number of nitrogens with zero attached hydrogens (tertiary/aromatic N) is 2. The second-order valence-electron chi connectivity index (χ2n) is 4.44. The van der Waals surface area contributed by atoms with Crippen molar-refractivity contribution in [1.82, 2.24) is 15.3 Å². The fourth-order valence-corrected chi connectivity index (χ4v) is 2.08. The Morgan fingerprint density at radius 2 is 2.22 bits per heavy atom. The van der Waals surface area contributed by atoms with Gasteiger partial charge in [0.2, 0.25) is 11.9 Å². The third-order valence-electron chi connectivity index (χ3n) is 3.09. The van der Waals surface area contributed by atoms with Crippen molar-refractivity contribution in [2.75, 3.05) is 11.9 Å². The summed E-state index contributed by atoms with van der Waals surface area (Å²) in [6.07, 6.45) is 3.19. The summed E-state index contributed by atoms with van der Waals surface area (Å²) in [4.78, 5) is 19.8. The SMILES string of the molecule is O=C1CCC(Nc2ncc3ccccc3n2)CN1. The van der Waals surface area contributed by atoms with Gasteiger partial charge in [-0.3, -0.25) is 4.79 Å². The highest BCUT2D eigenvalue weighted by Gasteiger charge is 2.18. The minimum Gasteiger partial charge on any atom is -0.354 e. The Labute approximate surface area is 105 Å². The zero-order valence-electron chi connectivity index (χ0n) is 9.89. The number of nitrogens with one attached hydrogen (secondary N) is 2. The second-order valence-corrected chi connectivity index (χ2v) is 4.44. The molecule has 5 heteroatoms. The van der Waals surface area contributed by atoms with Gasteiger partial charge in [-0.1, -0.05) is 18.2 Å². The van der Waals surface area contributed by atoms with Crippen molar-refractivity contribution in [3.05, 3.63) is 30.5 Å². The summed E-state index contributed by atoms with van der Waals surface area (Å²) < 4.78 is 0. The predicted molar refractivity (Wildman–Crippen MR) is 69.2 cm³/mol. The molecule has 1 fully saturated rings. The summed E-state index contributed by atoms with van der Waals surface area (Å²) in [5.74, 6) is 0.738. The van der Waals surface area contributed by atoms with Crippen LogP contribution in [0.1, 0.15) is 12.8 Å². The van der Waals surface area contributed by atoms with Crippen molar-refractivity contribution in [1.29, 1.82) is 0 Å². The molecular weight excluding hydrogens is 228 g/mol. The summed E-state index contributed by atoms with van der Waals surface area (Å²) in [5, 5.41) is 7.12. The number of anilines is 1. The fraction of sp³-hybridized carbons (Fsp3) is 0.308. The number of carbonyl (C=O) groups is 1. The maximum absolute atomic E-state index is 11.1. The van der Waals surface area contributed by atoms with Crippen LogP contribution in [0.2, 0.25) is 0 Å². The minimum atomic E-state index is 0.118. The summed E-state index contributed by atoms with van der Waals surface area (Å²) in [5.41, 5.74) is 0.926. The van der Waals surface area contributed by atoms with Gasteiger partial charge in [0.15, 0.2) is 0 Å². The average molecular weight is 242 g/mol. The summed E-state index contributed by atoms with van der Waals surface area (Å²) in [6, 6.07) is 8.09. The first kappa shape index (κ1) is 11.0. The zero-order chi connectivity index (χ0) is 12.4. The van der Waals surface area contributed by atoms with Crippen LogP contribution in [0, 0.1) is 0 Å². The molecule has 1 aromatic carbocycles. The quantitative estimate of drug-likeness (QED) is 0.833. The molecule has 5 nitrogen and oxygen atoms in total. The van der Waals surface area contributed by atoms with Gasteiger partial charge < -0.3 is 10.6 Å². The lowest BCUT2D eigenvalue weighted by Gasteiger charge is -2.23. The molecule has 1 saturated heterocycles. The number of amides is 1. The molecule has 0 aliphatic carbocycles. The smallest absolute Gasteiger partial charge is 0.223 e. The molecule has 2 heterocycles. The molecule has 92 valence electrons. The van der Waals surface area contributed by atoms with Crippen LogP contribution in [-0.2, 0) is 4.79 Å². The molecule has 3 rings (SSSR count). The second kappa shape index (κ2) is 4.60. The van der Waals surface area contributed by atoms with Crippen LogP contribution in [0.3, 0.4) is 0 Å². The van der Waals surface area contributed by atoms with Gasteiger partial charge >= 0.3 is 0 Å². The molecule has 18 heavy (non-hydrogen) atoms. The normalized spacial score (nSPS) is 19.6. The molecule has 0 bridgehead atoms. The Morgan fingerprint density at radius 3 is 3.06 bits per heavy atom. The number of fused-ring (bicyclic) bond motifs is 1. The van der Waals surface area contributed by atoms with E-state index in [9.17, 15) is 4.79 Å². The van der Waals surface area contributed by atoms with Crippen LogP contribution in [0.25, 0.3) is 10.9 Å². The van der Waals surface area contributed by atoms with Crippen LogP contribution in [0.5, 0.6) is 0 Å². The number of hydrogen-bond acceptors (Lipinski definition) is 4. The Hall–Kier alpha value is -2.17. The standard InChI is InChI=1S/C13H14N4O/c18-12-6-5-10(8-14-12)16-13-15-7-9-3-1-2-4-11(9)17-13/h1-4,7,10H,5-6,8H2,(H,14,18)(H,15,16,17). The molecular formula is C13H14N4O. The fourth-order valence-electron chi connectivity index (χ4n) is 2.08. The highest BCUT2D eigenvalue weighted by Crippen LogP contribution is 2.14. The van der Waals surface area contributed by atoms with Gasteiger partial charge in [-0.25, -0.2) is 9.97 Å². The molecule has 2 N–H and O–H groups in total. The predicted octanol–water partition coefficient (Wildman–Crippen LogP) is 1.32. The first-order chi connectivity index (χ1) is 8.81. The molecule has 0 radical (unpaired) electrons. The van der Waals surface area contributed by atoms with Gasteiger partial charge in [0.25, 0.3) is 0 Å². The molecule has 1 unspecified atom stereocenters. The lowest BCUT2D eigenvalue weighted by atomic mass is 10.1. The Balaban J connectivity index is 1.76. The number of aromatic nitrogens is 2. The first-order valence-corrected chi connectivity index (χ1v) is 6.06. The molecule has 1 atom stereocenters. The van der Waals surface area contributed by atoms with E-state index in [0.717, 1.165) is 17.3 Å². The van der Waals surface area contributed by atoms with Gasteiger partial charge in [0.05, 0.1) is 5.52 Å². The summed E-state index contributed by atoms with van der Waals surface area (Å²) in [6.45, 7) is 0.634. The zero-order valence-corrected chi connectivity index (χ0v) is 9.89. The topological polar surface area (TPSA) is 66.9 Å². The lowest BCUT2D eigenvalue weighted by molar-refractivity contribution is -0.122. The molecule has 1 aromatic heterocycles. The Kier molecular flexibility index (Phi) is 2.80. The van der Waals surface area contributed by atoms with E-state index < -0.39 is 0 Å². The maximum Gasteiger partial charge on any atom is 0.223 e. The maximum atomic E-state index is 11.1. The van der Waals surface area contributed by atoms with E-state index in [1.54, 1.807) is 0 Å². The number of piperidine rings is 1. The van der Waals surface area contributed by atoms with E-state index in [1.165, 1.54) is 0 Å². The van der Waals surface area contributed by atoms with E-state index in [1.807, 2.05) is 30.5 Å². The van der Waals surface area contributed by atoms with E-state index in [0.29, 0.717) is 18.9 Å². The third kappa shape index (κ3) is 2.25. The van der Waals surface area contributed by atoms with Crippen molar-refractivity contribution in [2.24, 2.45) is 0 Å². The Morgan fingerprint density at radius 1 is 1.33 bits per heavy atom. The number of para-hydroxylation sites is 1. The summed E-state index contributed by atoms with van der Waals surface area (Å²) >= 11 is 0. The number of benzene rings is 1. The first-order valence-electron chi connectivity index (χ1n) is 6.06. The van der Waals surface area contributed by atoms with Crippen LogP contribution >= 0.6 is 0 Å². The lowest BCUT2D eigenvalue weighted by Crippen LogP contribution is -2.42. The van der Waals surface area contributed by atoms with Crippen molar-refractivity contribution in [2.45, 2.75) is 18.9 Å². The van der Waals surface area contributed by atoms with E-state index >= 15 is 0 Å². The molecule has 1 aliphatic rings. The van der Waals surface area contributed by atoms with Gasteiger partial charge in [0, 0.05) is 30.6 Å². The monoisotopic (exact) mass is 242 g/mol. The van der Waals surface area contributed by atoms with Gasteiger partial charge in [-0.2, -0.15) is 0 Å². The number of carbonyl (C=O) groups excluding carboxylic acids is 1. The van der Waals surface area contributed by atoms with E-state index in [-0.39, 0.29) is 11.9 Å². The van der Waals surface area contributed by atoms with Crippen LogP contribution in [-0.4, -0.2) is 28.5 Å². The number of rotatable bonds is 2. The van der Waals surface area contributed by atoms with Crippen molar-refractivity contribution in [3.8, 4) is 0 Å². The minimum absolute atomic E-state index is 0.118. The number of hydrogen-bond donors (Lipinski definition) is 2. The van der Waals surface area contributed by atoms with Crippen LogP contribution in [0.4, 0.5) is 5.95 Å². The Bertz CT molecular complexity index is 574. The molecule has 1 aliphatic heterocycles. The van der Waals surface area contributed by atoms with Crippen LogP contribution in [0.15, 0.2) is 30.5 Å². The molecule has 1 amide bonds. The van der Waals surface area contributed by atoms with Crippen molar-refractivity contribution >= 4 is 22.8 Å². The molecule has 2 aromatic rings. The van der Waals surface area contributed by atoms with Gasteiger partial charge in [0.1, 0.15) is 0 Å². The average Bonchev–Trinajstić information content (AvgIpc) is 2.41. The van der Waals surface area contributed by atoms with E-state index in [2.05, 4.69) is 20.6 Å². The highest BCUT2D eigenvalue weighted by molar-refractivity contribution is 5.78. The molecule has 0 spiro atoms. The van der Waals surface area contributed by atoms with Gasteiger partial charge in [-0.15, -0.1) is 0 Å². The third-order valence-corrected chi connectivity index (χ3v) is 3.09. The van der Waals surface area contributed by atoms with Gasteiger partial charge in [-0.05, 0) is 12.5 Å². The molecule has 0 saturated carbocycles. The van der Waals surface area contributed by atoms with Crippen molar-refractivity contribution < 1.29 is 4.79 Å².